The highest BCUT2D eigenvalue weighted by molar-refractivity contribution is 7.72. The number of fused-ring (bicyclic) bond motifs is 1. The zero-order chi connectivity index (χ0) is 21.7. The van der Waals surface area contributed by atoms with Gasteiger partial charge >= 0.3 is 0 Å². The normalized spacial score (nSPS) is 14.3. The summed E-state index contributed by atoms with van der Waals surface area (Å²) in [5.41, 5.74) is 2.30. The lowest BCUT2D eigenvalue weighted by Gasteiger charge is -2.16. The molecule has 4 aromatic rings. The van der Waals surface area contributed by atoms with Crippen molar-refractivity contribution in [2.24, 2.45) is 0 Å². The molecule has 1 atom stereocenters. The second kappa shape index (κ2) is 9.58. The molecule has 1 unspecified atom stereocenters. The third kappa shape index (κ3) is 5.48. The van der Waals surface area contributed by atoms with Crippen molar-refractivity contribution in [3.8, 4) is 0 Å². The van der Waals surface area contributed by atoms with Gasteiger partial charge in [-0.2, -0.15) is 0 Å². The minimum absolute atomic E-state index is 0.394. The number of rotatable bonds is 6. The summed E-state index contributed by atoms with van der Waals surface area (Å²) in [6, 6.07) is 32.8. The largest absolute Gasteiger partial charge is 0.330 e. The Morgan fingerprint density at radius 3 is 1.68 bits per heavy atom. The summed E-state index contributed by atoms with van der Waals surface area (Å²) in [7, 11) is -3.30. The smallest absolute Gasteiger partial charge is 0.216 e. The maximum absolute atomic E-state index is 14.1. The molecule has 0 bridgehead atoms. The Bertz CT molecular complexity index is 1240. The van der Waals surface area contributed by atoms with Gasteiger partial charge in [0.2, 0.25) is 7.29 Å². The van der Waals surface area contributed by atoms with Crippen molar-refractivity contribution in [1.29, 1.82) is 0 Å². The van der Waals surface area contributed by atoms with E-state index in [0.29, 0.717) is 10.1 Å². The van der Waals surface area contributed by atoms with Crippen LogP contribution in [0.2, 0.25) is 0 Å². The average molecular weight is 464 g/mol. The van der Waals surface area contributed by atoms with Crippen LogP contribution in [0.1, 0.15) is 11.1 Å². The van der Waals surface area contributed by atoms with Crippen LogP contribution >= 0.6 is 30.5 Å². The average Bonchev–Trinajstić information content (AvgIpc) is 2.80. The zero-order valence-corrected chi connectivity index (χ0v) is 19.0. The van der Waals surface area contributed by atoms with E-state index in [1.165, 1.54) is 0 Å². The van der Waals surface area contributed by atoms with E-state index < -0.39 is 7.29 Å². The molecule has 2 nitrogen and oxygen atoms in total. The van der Waals surface area contributed by atoms with Crippen molar-refractivity contribution in [2.45, 2.75) is 0 Å². The van der Waals surface area contributed by atoms with Crippen molar-refractivity contribution in [2.75, 3.05) is 5.09 Å². The molecule has 0 radical (unpaired) electrons. The second-order valence-corrected chi connectivity index (χ2v) is 10.0. The Kier molecular flexibility index (Phi) is 6.63. The van der Waals surface area contributed by atoms with Gasteiger partial charge in [-0.05, 0) is 34.0 Å². The fraction of sp³-hybridized carbons (Fsp3) is 0. The zero-order valence-electron chi connectivity index (χ0n) is 16.6. The van der Waals surface area contributed by atoms with Crippen LogP contribution in [0.15, 0.2) is 115 Å². The van der Waals surface area contributed by atoms with E-state index in [-0.39, 0.29) is 0 Å². The van der Waals surface area contributed by atoms with Crippen LogP contribution in [0.5, 0.6) is 0 Å². The lowest BCUT2D eigenvalue weighted by Crippen LogP contribution is -1.94. The molecule has 0 aliphatic heterocycles. The van der Waals surface area contributed by atoms with Crippen molar-refractivity contribution in [1.82, 2.24) is 0 Å². The number of hydrogen-bond acceptors (Lipinski definition) is 1. The molecule has 0 aliphatic rings. The molecule has 0 fully saturated rings. The molecule has 4 aromatic carbocycles. The van der Waals surface area contributed by atoms with Gasteiger partial charge < -0.3 is 5.09 Å². The first kappa shape index (κ1) is 21.5. The second-order valence-electron chi connectivity index (χ2n) is 7.07. The lowest BCUT2D eigenvalue weighted by molar-refractivity contribution is 0.589. The van der Waals surface area contributed by atoms with Crippen LogP contribution in [0.25, 0.3) is 20.8 Å². The van der Waals surface area contributed by atoms with E-state index in [1.807, 2.05) is 103 Å². The molecular formula is C26H20Cl2NOP. The summed E-state index contributed by atoms with van der Waals surface area (Å²) in [5.74, 6) is 3.12. The van der Waals surface area contributed by atoms with Gasteiger partial charge in [-0.3, -0.25) is 4.57 Å². The minimum Gasteiger partial charge on any atom is -0.330 e. The molecule has 0 heterocycles. The van der Waals surface area contributed by atoms with E-state index in [2.05, 4.69) is 5.09 Å². The first-order valence-electron chi connectivity index (χ1n) is 9.76. The summed E-state index contributed by atoms with van der Waals surface area (Å²) >= 11 is 13.1. The Balaban J connectivity index is 1.76. The van der Waals surface area contributed by atoms with Gasteiger partial charge in [-0.15, -0.1) is 0 Å². The molecular weight excluding hydrogens is 444 g/mol. The lowest BCUT2D eigenvalue weighted by atomic mass is 10.1. The highest BCUT2D eigenvalue weighted by atomic mass is 35.5. The maximum Gasteiger partial charge on any atom is 0.216 e. The van der Waals surface area contributed by atoms with E-state index in [9.17, 15) is 4.57 Å². The SMILES string of the molecule is O=P(C=C(Cl)c1ccccc1)(/C=C(/Cl)c1ccccc1)Nc1ccc2ccccc2c1. The predicted molar refractivity (Wildman–Crippen MR) is 136 cm³/mol. The third-order valence-electron chi connectivity index (χ3n) is 4.76. The Labute approximate surface area is 192 Å². The van der Waals surface area contributed by atoms with Crippen LogP contribution in [-0.2, 0) is 4.57 Å². The Morgan fingerprint density at radius 2 is 1.13 bits per heavy atom. The van der Waals surface area contributed by atoms with Crippen molar-refractivity contribution < 1.29 is 4.57 Å². The van der Waals surface area contributed by atoms with Crippen LogP contribution in [0.3, 0.4) is 0 Å². The van der Waals surface area contributed by atoms with E-state index >= 15 is 0 Å². The summed E-state index contributed by atoms with van der Waals surface area (Å²) in [6.07, 6.45) is 0. The minimum atomic E-state index is -3.30. The van der Waals surface area contributed by atoms with Gasteiger partial charge in [0.1, 0.15) is 0 Å². The number of hydrogen-bond donors (Lipinski definition) is 1. The summed E-state index contributed by atoms with van der Waals surface area (Å²) in [6.45, 7) is 0. The fourth-order valence-corrected chi connectivity index (χ4v) is 6.08. The highest BCUT2D eigenvalue weighted by Crippen LogP contribution is 2.53. The predicted octanol–water partition coefficient (Wildman–Crippen LogP) is 9.00. The molecule has 0 aliphatic carbocycles. The molecule has 1 N–H and O–H groups in total. The van der Waals surface area contributed by atoms with E-state index in [0.717, 1.165) is 27.6 Å². The number of benzene rings is 4. The van der Waals surface area contributed by atoms with Gasteiger partial charge in [0.25, 0.3) is 0 Å². The molecule has 0 saturated heterocycles. The molecule has 5 heteroatoms. The first-order valence-corrected chi connectivity index (χ1v) is 12.4. The molecule has 154 valence electrons. The molecule has 0 aromatic heterocycles. The van der Waals surface area contributed by atoms with Crippen LogP contribution in [0, 0.1) is 0 Å². The van der Waals surface area contributed by atoms with Crippen molar-refractivity contribution in [3.63, 3.8) is 0 Å². The van der Waals surface area contributed by atoms with Gasteiger partial charge in [0, 0.05) is 17.3 Å². The quantitative estimate of drug-likeness (QED) is 0.289. The third-order valence-corrected chi connectivity index (χ3v) is 7.61. The summed E-state index contributed by atoms with van der Waals surface area (Å²) in [5, 5.41) is 6.13. The van der Waals surface area contributed by atoms with Crippen LogP contribution in [-0.4, -0.2) is 0 Å². The standard InChI is InChI=1S/C26H20Cl2NOP/c27-25(21-10-3-1-4-11-21)18-31(30,19-26(28)22-12-5-2-6-13-22)29-24-16-15-20-9-7-8-14-23(20)17-24/h1-19H,(H,29,30)/b25-18+,26-19?. The summed E-state index contributed by atoms with van der Waals surface area (Å²) < 4.78 is 14.1. The van der Waals surface area contributed by atoms with Crippen LogP contribution in [0.4, 0.5) is 5.69 Å². The van der Waals surface area contributed by atoms with Gasteiger partial charge in [-0.25, -0.2) is 0 Å². The number of halogens is 2. The van der Waals surface area contributed by atoms with E-state index in [1.54, 1.807) is 11.6 Å². The molecule has 31 heavy (non-hydrogen) atoms. The monoisotopic (exact) mass is 463 g/mol. The van der Waals surface area contributed by atoms with Gasteiger partial charge in [0.05, 0.1) is 10.1 Å². The van der Waals surface area contributed by atoms with Crippen LogP contribution < -0.4 is 5.09 Å². The number of nitrogens with one attached hydrogen (secondary N) is 1. The first-order chi connectivity index (χ1) is 15.0. The summed E-state index contributed by atoms with van der Waals surface area (Å²) in [4.78, 5) is 0. The van der Waals surface area contributed by atoms with Crippen molar-refractivity contribution >= 4 is 57.0 Å². The molecule has 0 amide bonds. The van der Waals surface area contributed by atoms with Crippen molar-refractivity contribution in [3.05, 3.63) is 126 Å². The van der Waals surface area contributed by atoms with Gasteiger partial charge in [-0.1, -0.05) is 114 Å². The molecule has 0 saturated carbocycles. The molecule has 4 rings (SSSR count). The highest BCUT2D eigenvalue weighted by Gasteiger charge is 2.20. The maximum atomic E-state index is 14.1. The topological polar surface area (TPSA) is 29.1 Å². The number of anilines is 1. The van der Waals surface area contributed by atoms with E-state index in [4.69, 9.17) is 23.2 Å². The Hall–Kier alpha value is -2.77. The molecule has 0 spiro atoms. The fourth-order valence-electron chi connectivity index (χ4n) is 3.24. The Morgan fingerprint density at radius 1 is 0.645 bits per heavy atom. The van der Waals surface area contributed by atoms with Gasteiger partial charge in [0.15, 0.2) is 0 Å².